The molecule has 0 unspecified atom stereocenters. The largest absolute Gasteiger partial charge is 0.324 e. The van der Waals surface area contributed by atoms with E-state index >= 15 is 0 Å². The summed E-state index contributed by atoms with van der Waals surface area (Å²) < 4.78 is 0. The van der Waals surface area contributed by atoms with Crippen molar-refractivity contribution in [3.8, 4) is 0 Å². The highest BCUT2D eigenvalue weighted by Crippen LogP contribution is 2.19. The second kappa shape index (κ2) is 4.87. The van der Waals surface area contributed by atoms with Crippen LogP contribution in [0.4, 0.5) is 4.79 Å². The molecule has 1 heterocycles. The topological polar surface area (TPSA) is 49.4 Å². The summed E-state index contributed by atoms with van der Waals surface area (Å²) >= 11 is 3.29. The lowest BCUT2D eigenvalue weighted by atomic mass is 10.1. The zero-order valence-corrected chi connectivity index (χ0v) is 11.0. The number of rotatable bonds is 2. The van der Waals surface area contributed by atoms with Crippen molar-refractivity contribution < 1.29 is 9.59 Å². The third kappa shape index (κ3) is 2.49. The molecule has 17 heavy (non-hydrogen) atoms. The summed E-state index contributed by atoms with van der Waals surface area (Å²) in [6.07, 6.45) is 0. The van der Waals surface area contributed by atoms with Crippen molar-refractivity contribution in [3.63, 3.8) is 0 Å². The maximum Gasteiger partial charge on any atom is 0.324 e. The normalized spacial score (nSPS) is 24.7. The smallest absolute Gasteiger partial charge is 0.316 e. The van der Waals surface area contributed by atoms with E-state index in [0.29, 0.717) is 6.54 Å². The molecule has 0 saturated carbocycles. The maximum absolute atomic E-state index is 11.7. The van der Waals surface area contributed by atoms with Crippen LogP contribution in [-0.4, -0.2) is 27.7 Å². The molecule has 2 atom stereocenters. The van der Waals surface area contributed by atoms with Gasteiger partial charge >= 0.3 is 6.03 Å². The second-order valence-electron chi connectivity index (χ2n) is 4.05. The molecule has 0 radical (unpaired) electrons. The molecule has 1 N–H and O–H groups in total. The highest BCUT2D eigenvalue weighted by Gasteiger charge is 2.36. The Bertz CT molecular complexity index is 435. The first-order valence-corrected chi connectivity index (χ1v) is 6.30. The number of imide groups is 1. The van der Waals surface area contributed by atoms with E-state index in [1.807, 2.05) is 37.3 Å². The summed E-state index contributed by atoms with van der Waals surface area (Å²) in [5.41, 5.74) is 1.04. The van der Waals surface area contributed by atoms with Crippen molar-refractivity contribution in [1.29, 1.82) is 0 Å². The van der Waals surface area contributed by atoms with E-state index in [0.717, 1.165) is 5.56 Å². The van der Waals surface area contributed by atoms with E-state index < -0.39 is 0 Å². The first-order chi connectivity index (χ1) is 8.09. The van der Waals surface area contributed by atoms with Crippen molar-refractivity contribution in [3.05, 3.63) is 35.9 Å². The van der Waals surface area contributed by atoms with Crippen molar-refractivity contribution in [1.82, 2.24) is 10.2 Å². The van der Waals surface area contributed by atoms with E-state index in [-0.39, 0.29) is 22.8 Å². The number of nitrogens with one attached hydrogen (secondary N) is 1. The van der Waals surface area contributed by atoms with Gasteiger partial charge < -0.3 is 4.90 Å². The molecule has 0 spiro atoms. The van der Waals surface area contributed by atoms with Crippen LogP contribution in [0.5, 0.6) is 0 Å². The van der Waals surface area contributed by atoms with Crippen LogP contribution in [0.2, 0.25) is 0 Å². The van der Waals surface area contributed by atoms with E-state index in [4.69, 9.17) is 0 Å². The molecule has 1 aliphatic rings. The van der Waals surface area contributed by atoms with Gasteiger partial charge in [0, 0.05) is 6.54 Å². The van der Waals surface area contributed by atoms with Gasteiger partial charge in [-0.2, -0.15) is 0 Å². The summed E-state index contributed by atoms with van der Waals surface area (Å²) in [5.74, 6) is -0.271. The Hall–Kier alpha value is -1.36. The first kappa shape index (κ1) is 12.1. The summed E-state index contributed by atoms with van der Waals surface area (Å²) in [6, 6.07) is 9.22. The van der Waals surface area contributed by atoms with Crippen LogP contribution in [0.15, 0.2) is 30.3 Å². The molecular weight excluding hydrogens is 284 g/mol. The minimum absolute atomic E-state index is 0.156. The Morgan fingerprint density at radius 3 is 2.59 bits per heavy atom. The third-order valence-corrected chi connectivity index (χ3v) is 4.03. The quantitative estimate of drug-likeness (QED) is 0.848. The minimum atomic E-state index is -0.357. The molecule has 4 nitrogen and oxygen atoms in total. The average molecular weight is 297 g/mol. The van der Waals surface area contributed by atoms with Gasteiger partial charge in [0.25, 0.3) is 0 Å². The van der Waals surface area contributed by atoms with Crippen LogP contribution in [-0.2, 0) is 11.3 Å². The lowest BCUT2D eigenvalue weighted by molar-refractivity contribution is -0.121. The molecule has 1 saturated heterocycles. The predicted octanol–water partition coefficient (Wildman–Crippen LogP) is 1.89. The van der Waals surface area contributed by atoms with Crippen molar-refractivity contribution in [2.24, 2.45) is 0 Å². The van der Waals surface area contributed by atoms with Crippen molar-refractivity contribution >= 4 is 27.9 Å². The van der Waals surface area contributed by atoms with Gasteiger partial charge in [0.15, 0.2) is 0 Å². The number of carbonyl (C=O) groups is 2. The lowest BCUT2D eigenvalue weighted by Crippen LogP contribution is -2.59. The lowest BCUT2D eigenvalue weighted by Gasteiger charge is -2.36. The Labute approximate surface area is 108 Å². The SMILES string of the molecule is C[C@H]1[C@H](Br)C(=O)NC(=O)N1Cc1ccccc1. The van der Waals surface area contributed by atoms with Crippen LogP contribution in [0.25, 0.3) is 0 Å². The Morgan fingerprint density at radius 2 is 1.94 bits per heavy atom. The highest BCUT2D eigenvalue weighted by atomic mass is 79.9. The molecular formula is C12H13BrN2O2. The molecule has 1 aromatic carbocycles. The fourth-order valence-electron chi connectivity index (χ4n) is 1.80. The van der Waals surface area contributed by atoms with Crippen molar-refractivity contribution in [2.45, 2.75) is 24.3 Å². The number of hydrogen-bond donors (Lipinski definition) is 1. The molecule has 0 aliphatic carbocycles. The summed E-state index contributed by atoms with van der Waals surface area (Å²) in [6.45, 7) is 2.36. The van der Waals surface area contributed by atoms with Gasteiger partial charge in [-0.1, -0.05) is 46.3 Å². The van der Waals surface area contributed by atoms with E-state index in [9.17, 15) is 9.59 Å². The molecule has 3 amide bonds. The first-order valence-electron chi connectivity index (χ1n) is 5.39. The summed E-state index contributed by atoms with van der Waals surface area (Å²) in [7, 11) is 0. The third-order valence-electron chi connectivity index (χ3n) is 2.85. The van der Waals surface area contributed by atoms with Gasteiger partial charge in [-0.3, -0.25) is 10.1 Å². The minimum Gasteiger partial charge on any atom is -0.316 e. The number of hydrogen-bond acceptors (Lipinski definition) is 2. The number of alkyl halides is 1. The van der Waals surface area contributed by atoms with Crippen LogP contribution in [0.3, 0.4) is 0 Å². The van der Waals surface area contributed by atoms with Gasteiger partial charge in [-0.15, -0.1) is 0 Å². The average Bonchev–Trinajstić information content (AvgIpc) is 2.33. The van der Waals surface area contributed by atoms with Gasteiger partial charge in [-0.25, -0.2) is 4.79 Å². The zero-order valence-electron chi connectivity index (χ0n) is 9.39. The van der Waals surface area contributed by atoms with Gasteiger partial charge in [0.2, 0.25) is 5.91 Å². The number of benzene rings is 1. The van der Waals surface area contributed by atoms with Crippen LogP contribution in [0, 0.1) is 0 Å². The molecule has 1 aliphatic heterocycles. The number of halogens is 1. The second-order valence-corrected chi connectivity index (χ2v) is 5.04. The van der Waals surface area contributed by atoms with E-state index in [1.165, 1.54) is 0 Å². The molecule has 0 aromatic heterocycles. The molecule has 2 rings (SSSR count). The molecule has 5 heteroatoms. The molecule has 1 fully saturated rings. The van der Waals surface area contributed by atoms with Gasteiger partial charge in [-0.05, 0) is 12.5 Å². The Kier molecular flexibility index (Phi) is 3.47. The monoisotopic (exact) mass is 296 g/mol. The zero-order chi connectivity index (χ0) is 12.4. The molecule has 90 valence electrons. The van der Waals surface area contributed by atoms with Crippen LogP contribution in [0.1, 0.15) is 12.5 Å². The number of urea groups is 1. The maximum atomic E-state index is 11.7. The predicted molar refractivity (Wildman–Crippen MR) is 67.7 cm³/mol. The highest BCUT2D eigenvalue weighted by molar-refractivity contribution is 9.10. The number of nitrogens with zero attached hydrogens (tertiary/aromatic N) is 1. The van der Waals surface area contributed by atoms with Crippen molar-refractivity contribution in [2.75, 3.05) is 0 Å². The molecule has 1 aromatic rings. The fraction of sp³-hybridized carbons (Fsp3) is 0.333. The Morgan fingerprint density at radius 1 is 1.29 bits per heavy atom. The van der Waals surface area contributed by atoms with E-state index in [2.05, 4.69) is 21.2 Å². The number of carbonyl (C=O) groups excluding carboxylic acids is 2. The summed E-state index contributed by atoms with van der Waals surface area (Å²) in [4.78, 5) is 24.4. The van der Waals surface area contributed by atoms with E-state index in [1.54, 1.807) is 4.90 Å². The van der Waals surface area contributed by atoms with Gasteiger partial charge in [0.1, 0.15) is 4.83 Å². The summed E-state index contributed by atoms with van der Waals surface area (Å²) in [5, 5.41) is 2.33. The standard InChI is InChI=1S/C12H13BrN2O2/c1-8-10(13)11(16)14-12(17)15(8)7-9-5-3-2-4-6-9/h2-6,8,10H,7H2,1H3,(H,14,16,17)/t8-,10-/m0/s1. The molecule has 0 bridgehead atoms. The van der Waals surface area contributed by atoms with Gasteiger partial charge in [0.05, 0.1) is 6.04 Å². The van der Waals surface area contributed by atoms with Crippen LogP contribution < -0.4 is 5.32 Å². The Balaban J connectivity index is 2.15. The fourth-order valence-corrected chi connectivity index (χ4v) is 2.20. The van der Waals surface area contributed by atoms with Crippen LogP contribution >= 0.6 is 15.9 Å². The number of amides is 3.